The molecule has 0 saturated carbocycles. The first-order valence-corrected chi connectivity index (χ1v) is 9.92. The van der Waals surface area contributed by atoms with E-state index < -0.39 is 0 Å². The lowest BCUT2D eigenvalue weighted by molar-refractivity contribution is -0.113. The molecule has 0 bridgehead atoms. The van der Waals surface area contributed by atoms with Crippen molar-refractivity contribution in [3.05, 3.63) is 59.0 Å². The molecule has 1 amide bonds. The van der Waals surface area contributed by atoms with Crippen LogP contribution in [0.15, 0.2) is 47.9 Å². The summed E-state index contributed by atoms with van der Waals surface area (Å²) >= 11 is 6.65. The standard InChI is InChI=1S/C21H17NO5S2/c1-3-4-13-7-12(8-17(25-2)19(13)23)9-18-20(24)22(21(28)29-18)14-5-6-15-16(10-14)27-11-26-15/h3,5-10,23H,1,4,11H2,2H3/b18-9-. The first-order valence-electron chi connectivity index (χ1n) is 8.70. The molecular formula is C21H17NO5S2. The third-order valence-electron chi connectivity index (χ3n) is 4.47. The molecule has 148 valence electrons. The minimum absolute atomic E-state index is 0.0671. The number of methoxy groups -OCH3 is 1. The van der Waals surface area contributed by atoms with Crippen LogP contribution in [0.1, 0.15) is 11.1 Å². The Hall–Kier alpha value is -2.97. The second-order valence-electron chi connectivity index (χ2n) is 6.28. The number of phenols is 1. The number of rotatable bonds is 5. The van der Waals surface area contributed by atoms with Gasteiger partial charge in [-0.15, -0.1) is 6.58 Å². The van der Waals surface area contributed by atoms with Crippen LogP contribution in [0.3, 0.4) is 0 Å². The van der Waals surface area contributed by atoms with Crippen molar-refractivity contribution >= 4 is 46.0 Å². The fraction of sp³-hybridized carbons (Fsp3) is 0.143. The third-order valence-corrected chi connectivity index (χ3v) is 5.77. The smallest absolute Gasteiger partial charge is 0.270 e. The minimum atomic E-state index is -0.226. The van der Waals surface area contributed by atoms with Crippen molar-refractivity contribution < 1.29 is 24.1 Å². The molecular weight excluding hydrogens is 410 g/mol. The zero-order valence-electron chi connectivity index (χ0n) is 15.5. The van der Waals surface area contributed by atoms with Crippen molar-refractivity contribution in [2.45, 2.75) is 6.42 Å². The van der Waals surface area contributed by atoms with Crippen LogP contribution in [-0.4, -0.2) is 29.2 Å². The predicted octanol–water partition coefficient (Wildman–Crippen LogP) is 4.26. The first kappa shape index (κ1) is 19.4. The van der Waals surface area contributed by atoms with Gasteiger partial charge in [0, 0.05) is 11.6 Å². The number of phenolic OH excluding ortho intramolecular Hbond substituents is 1. The van der Waals surface area contributed by atoms with Crippen molar-refractivity contribution in [2.24, 2.45) is 0 Å². The Morgan fingerprint density at radius 1 is 1.31 bits per heavy atom. The summed E-state index contributed by atoms with van der Waals surface area (Å²) in [5.41, 5.74) is 2.01. The molecule has 2 aliphatic heterocycles. The van der Waals surface area contributed by atoms with Gasteiger partial charge in [0.1, 0.15) is 0 Å². The minimum Gasteiger partial charge on any atom is -0.504 e. The summed E-state index contributed by atoms with van der Waals surface area (Å²) in [7, 11) is 1.48. The highest BCUT2D eigenvalue weighted by molar-refractivity contribution is 8.27. The summed E-state index contributed by atoms with van der Waals surface area (Å²) in [5.74, 6) is 1.40. The van der Waals surface area contributed by atoms with E-state index >= 15 is 0 Å². The van der Waals surface area contributed by atoms with Crippen molar-refractivity contribution in [1.29, 1.82) is 0 Å². The van der Waals surface area contributed by atoms with Gasteiger partial charge in [-0.25, -0.2) is 0 Å². The number of thioether (sulfide) groups is 1. The number of aromatic hydroxyl groups is 1. The zero-order valence-corrected chi connectivity index (χ0v) is 17.1. The molecule has 1 fully saturated rings. The van der Waals surface area contributed by atoms with Crippen LogP contribution >= 0.6 is 24.0 Å². The Morgan fingerprint density at radius 2 is 2.10 bits per heavy atom. The number of hydrogen-bond acceptors (Lipinski definition) is 7. The van der Waals surface area contributed by atoms with Gasteiger partial charge in [0.2, 0.25) is 6.79 Å². The number of hydrogen-bond donors (Lipinski definition) is 1. The number of ether oxygens (including phenoxy) is 3. The van der Waals surface area contributed by atoms with E-state index in [2.05, 4.69) is 6.58 Å². The highest BCUT2D eigenvalue weighted by Crippen LogP contribution is 2.41. The third kappa shape index (κ3) is 3.56. The fourth-order valence-electron chi connectivity index (χ4n) is 3.11. The van der Waals surface area contributed by atoms with Gasteiger partial charge in [-0.05, 0) is 42.3 Å². The normalized spacial score (nSPS) is 16.6. The lowest BCUT2D eigenvalue weighted by atomic mass is 10.1. The molecule has 0 radical (unpaired) electrons. The maximum Gasteiger partial charge on any atom is 0.270 e. The molecule has 2 heterocycles. The predicted molar refractivity (Wildman–Crippen MR) is 117 cm³/mol. The van der Waals surface area contributed by atoms with E-state index in [1.807, 2.05) is 0 Å². The van der Waals surface area contributed by atoms with Crippen molar-refractivity contribution in [3.63, 3.8) is 0 Å². The highest BCUT2D eigenvalue weighted by Gasteiger charge is 2.34. The van der Waals surface area contributed by atoms with Crippen LogP contribution in [0.5, 0.6) is 23.0 Å². The molecule has 2 aromatic carbocycles. The summed E-state index contributed by atoms with van der Waals surface area (Å²) in [5, 5.41) is 10.3. The van der Waals surface area contributed by atoms with E-state index in [1.54, 1.807) is 42.5 Å². The number of amides is 1. The Morgan fingerprint density at radius 3 is 2.86 bits per heavy atom. The summed E-state index contributed by atoms with van der Waals surface area (Å²) in [6.45, 7) is 3.87. The summed E-state index contributed by atoms with van der Waals surface area (Å²) in [4.78, 5) is 15.0. The summed E-state index contributed by atoms with van der Waals surface area (Å²) in [6, 6.07) is 8.74. The number of fused-ring (bicyclic) bond motifs is 1. The second-order valence-corrected chi connectivity index (χ2v) is 7.95. The molecule has 4 rings (SSSR count). The monoisotopic (exact) mass is 427 g/mol. The number of nitrogens with zero attached hydrogens (tertiary/aromatic N) is 1. The van der Waals surface area contributed by atoms with E-state index in [9.17, 15) is 9.90 Å². The number of anilines is 1. The number of benzene rings is 2. The van der Waals surface area contributed by atoms with Gasteiger partial charge in [-0.3, -0.25) is 9.69 Å². The number of carbonyl (C=O) groups is 1. The Bertz CT molecular complexity index is 1060. The van der Waals surface area contributed by atoms with E-state index in [-0.39, 0.29) is 18.4 Å². The zero-order chi connectivity index (χ0) is 20.5. The number of carbonyl (C=O) groups excluding carboxylic acids is 1. The lowest BCUT2D eigenvalue weighted by Gasteiger charge is -2.14. The van der Waals surface area contributed by atoms with Gasteiger partial charge in [0.15, 0.2) is 27.3 Å². The molecule has 0 aliphatic carbocycles. The average molecular weight is 428 g/mol. The largest absolute Gasteiger partial charge is 0.504 e. The topological polar surface area (TPSA) is 68.2 Å². The van der Waals surface area contributed by atoms with Gasteiger partial charge >= 0.3 is 0 Å². The van der Waals surface area contributed by atoms with Gasteiger partial charge < -0.3 is 19.3 Å². The Kier molecular flexibility index (Phi) is 5.21. The fourth-order valence-corrected chi connectivity index (χ4v) is 4.40. The first-order chi connectivity index (χ1) is 14.0. The van der Waals surface area contributed by atoms with Gasteiger partial charge in [0.25, 0.3) is 5.91 Å². The van der Waals surface area contributed by atoms with Crippen LogP contribution < -0.4 is 19.1 Å². The van der Waals surface area contributed by atoms with Crippen molar-refractivity contribution in [3.8, 4) is 23.0 Å². The van der Waals surface area contributed by atoms with Gasteiger partial charge in [0.05, 0.1) is 17.7 Å². The van der Waals surface area contributed by atoms with E-state index in [0.717, 1.165) is 5.56 Å². The SMILES string of the molecule is C=CCc1cc(/C=C2\SC(=S)N(c3ccc4c(c3)OCO4)C2=O)cc(OC)c1O. The summed E-state index contributed by atoms with van der Waals surface area (Å²) in [6.07, 6.45) is 3.90. The molecule has 1 saturated heterocycles. The van der Waals surface area contributed by atoms with Crippen molar-refractivity contribution in [2.75, 3.05) is 18.8 Å². The summed E-state index contributed by atoms with van der Waals surface area (Å²) < 4.78 is 16.4. The Labute approximate surface area is 177 Å². The van der Waals surface area contributed by atoms with Crippen LogP contribution in [0.4, 0.5) is 5.69 Å². The Balaban J connectivity index is 1.67. The number of thiocarbonyl (C=S) groups is 1. The molecule has 6 nitrogen and oxygen atoms in total. The van der Waals surface area contributed by atoms with Crippen molar-refractivity contribution in [1.82, 2.24) is 0 Å². The molecule has 0 aromatic heterocycles. The average Bonchev–Trinajstić information content (AvgIpc) is 3.28. The van der Waals surface area contributed by atoms with Crippen LogP contribution in [0, 0.1) is 0 Å². The molecule has 0 atom stereocenters. The molecule has 8 heteroatoms. The quantitative estimate of drug-likeness (QED) is 0.434. The maximum atomic E-state index is 13.0. The molecule has 0 spiro atoms. The molecule has 2 aliphatic rings. The lowest BCUT2D eigenvalue weighted by Crippen LogP contribution is -2.27. The van der Waals surface area contributed by atoms with Gasteiger partial charge in [-0.1, -0.05) is 30.1 Å². The van der Waals surface area contributed by atoms with E-state index in [4.69, 9.17) is 26.4 Å². The maximum absolute atomic E-state index is 13.0. The van der Waals surface area contributed by atoms with Crippen LogP contribution in [0.2, 0.25) is 0 Å². The van der Waals surface area contributed by atoms with E-state index in [1.165, 1.54) is 23.8 Å². The molecule has 2 aromatic rings. The molecule has 1 N–H and O–H groups in total. The molecule has 0 unspecified atom stereocenters. The molecule has 29 heavy (non-hydrogen) atoms. The van der Waals surface area contributed by atoms with Crippen LogP contribution in [-0.2, 0) is 11.2 Å². The van der Waals surface area contributed by atoms with Crippen LogP contribution in [0.25, 0.3) is 6.08 Å². The number of allylic oxidation sites excluding steroid dienone is 1. The second kappa shape index (κ2) is 7.81. The highest BCUT2D eigenvalue weighted by atomic mass is 32.2. The van der Waals surface area contributed by atoms with Gasteiger partial charge in [-0.2, -0.15) is 0 Å². The van der Waals surface area contributed by atoms with E-state index in [0.29, 0.717) is 44.1 Å².